The van der Waals surface area contributed by atoms with E-state index in [1.54, 1.807) is 0 Å². The highest BCUT2D eigenvalue weighted by Crippen LogP contribution is 2.29. The van der Waals surface area contributed by atoms with Crippen molar-refractivity contribution >= 4 is 15.9 Å². The van der Waals surface area contributed by atoms with Crippen molar-refractivity contribution < 1.29 is 0 Å². The quantitative estimate of drug-likeness (QED) is 0.901. The second-order valence-electron chi connectivity index (χ2n) is 5.69. The first-order valence-electron chi connectivity index (χ1n) is 7.26. The van der Waals surface area contributed by atoms with E-state index in [1.807, 2.05) is 0 Å². The van der Waals surface area contributed by atoms with Crippen LogP contribution in [0.3, 0.4) is 0 Å². The Kier molecular flexibility index (Phi) is 5.43. The van der Waals surface area contributed by atoms with Crippen LogP contribution in [0, 0.1) is 0 Å². The maximum absolute atomic E-state index is 3.50. The van der Waals surface area contributed by atoms with Crippen molar-refractivity contribution in [2.75, 3.05) is 14.1 Å². The predicted octanol–water partition coefficient (Wildman–Crippen LogP) is 3.97. The molecule has 0 aromatic heterocycles. The maximum Gasteiger partial charge on any atom is 0.0319 e. The number of hydrogen-bond acceptors (Lipinski definition) is 2. The lowest BCUT2D eigenvalue weighted by Gasteiger charge is -2.38. The van der Waals surface area contributed by atoms with Crippen LogP contribution in [0.5, 0.6) is 0 Å². The van der Waals surface area contributed by atoms with E-state index in [2.05, 4.69) is 71.4 Å². The first kappa shape index (κ1) is 15.0. The smallest absolute Gasteiger partial charge is 0.0319 e. The normalized spacial score (nSPS) is 25.5. The Labute approximate surface area is 125 Å². The number of halogens is 1. The molecule has 3 heteroatoms. The van der Waals surface area contributed by atoms with Gasteiger partial charge in [-0.3, -0.25) is 4.90 Å². The number of benzene rings is 1. The summed E-state index contributed by atoms with van der Waals surface area (Å²) in [4.78, 5) is 2.55. The Balaban J connectivity index is 1.95. The third-order valence-electron chi connectivity index (χ3n) is 4.64. The zero-order valence-electron chi connectivity index (χ0n) is 12.2. The zero-order valence-corrected chi connectivity index (χ0v) is 13.8. The van der Waals surface area contributed by atoms with Crippen LogP contribution in [-0.2, 0) is 0 Å². The Morgan fingerprint density at radius 3 is 2.26 bits per heavy atom. The minimum atomic E-state index is 0.490. The summed E-state index contributed by atoms with van der Waals surface area (Å²) in [7, 11) is 4.36. The lowest BCUT2D eigenvalue weighted by molar-refractivity contribution is 0.136. The molecular formula is C16H25BrN2. The molecule has 0 radical (unpaired) electrons. The molecule has 2 rings (SSSR count). The van der Waals surface area contributed by atoms with E-state index in [1.165, 1.54) is 31.2 Å². The molecule has 106 valence electrons. The summed E-state index contributed by atoms with van der Waals surface area (Å²) in [5.74, 6) is 0. The van der Waals surface area contributed by atoms with Gasteiger partial charge in [-0.2, -0.15) is 0 Å². The van der Waals surface area contributed by atoms with Crippen LogP contribution >= 0.6 is 15.9 Å². The Morgan fingerprint density at radius 1 is 1.16 bits per heavy atom. The van der Waals surface area contributed by atoms with Gasteiger partial charge in [0.2, 0.25) is 0 Å². The number of nitrogens with one attached hydrogen (secondary N) is 1. The molecule has 0 amide bonds. The summed E-state index contributed by atoms with van der Waals surface area (Å²) in [6, 6.07) is 10.7. The van der Waals surface area contributed by atoms with E-state index in [0.29, 0.717) is 6.04 Å². The monoisotopic (exact) mass is 324 g/mol. The molecule has 1 saturated carbocycles. The minimum Gasteiger partial charge on any atom is -0.317 e. The van der Waals surface area contributed by atoms with E-state index < -0.39 is 0 Å². The molecule has 1 aliphatic rings. The number of rotatable bonds is 4. The van der Waals surface area contributed by atoms with E-state index >= 15 is 0 Å². The molecule has 1 atom stereocenters. The third-order valence-corrected chi connectivity index (χ3v) is 5.17. The highest BCUT2D eigenvalue weighted by atomic mass is 79.9. The fourth-order valence-electron chi connectivity index (χ4n) is 3.06. The van der Waals surface area contributed by atoms with Crippen LogP contribution in [-0.4, -0.2) is 31.1 Å². The van der Waals surface area contributed by atoms with E-state index in [-0.39, 0.29) is 0 Å². The molecule has 0 heterocycles. The van der Waals surface area contributed by atoms with Gasteiger partial charge in [-0.25, -0.2) is 0 Å². The molecule has 1 unspecified atom stereocenters. The van der Waals surface area contributed by atoms with Gasteiger partial charge in [0.15, 0.2) is 0 Å². The molecule has 0 spiro atoms. The highest BCUT2D eigenvalue weighted by Gasteiger charge is 2.26. The molecular weight excluding hydrogens is 300 g/mol. The summed E-state index contributed by atoms with van der Waals surface area (Å²) in [6.07, 6.45) is 5.23. The minimum absolute atomic E-state index is 0.490. The van der Waals surface area contributed by atoms with Crippen molar-refractivity contribution in [3.05, 3.63) is 34.3 Å². The largest absolute Gasteiger partial charge is 0.317 e. The molecule has 2 nitrogen and oxygen atoms in total. The van der Waals surface area contributed by atoms with Gasteiger partial charge in [0.05, 0.1) is 0 Å². The molecule has 0 aliphatic heterocycles. The second kappa shape index (κ2) is 6.87. The summed E-state index contributed by atoms with van der Waals surface area (Å²) < 4.78 is 1.15. The standard InChI is InChI=1S/C16H25BrN2/c1-12(13-4-6-14(17)7-5-13)19(3)16-10-8-15(18-2)9-11-16/h4-7,12,15-16,18H,8-11H2,1-3H3. The SMILES string of the molecule is CNC1CCC(N(C)C(C)c2ccc(Br)cc2)CC1. The van der Waals surface area contributed by atoms with Crippen molar-refractivity contribution in [3.63, 3.8) is 0 Å². The van der Waals surface area contributed by atoms with Gasteiger partial charge >= 0.3 is 0 Å². The lowest BCUT2D eigenvalue weighted by Crippen LogP contribution is -2.40. The van der Waals surface area contributed by atoms with Crippen molar-refractivity contribution in [2.24, 2.45) is 0 Å². The average molecular weight is 325 g/mol. The third kappa shape index (κ3) is 3.80. The van der Waals surface area contributed by atoms with Crippen molar-refractivity contribution in [1.82, 2.24) is 10.2 Å². The van der Waals surface area contributed by atoms with Crippen LogP contribution in [0.2, 0.25) is 0 Å². The fourth-order valence-corrected chi connectivity index (χ4v) is 3.33. The van der Waals surface area contributed by atoms with Gasteiger partial charge in [0.1, 0.15) is 0 Å². The molecule has 1 aromatic carbocycles. The molecule has 1 aromatic rings. The van der Waals surface area contributed by atoms with Gasteiger partial charge in [-0.05, 0) is 64.4 Å². The molecule has 1 fully saturated rings. The number of nitrogens with zero attached hydrogens (tertiary/aromatic N) is 1. The molecule has 19 heavy (non-hydrogen) atoms. The van der Waals surface area contributed by atoms with Crippen LogP contribution in [0.1, 0.15) is 44.2 Å². The van der Waals surface area contributed by atoms with Crippen LogP contribution in [0.15, 0.2) is 28.7 Å². The van der Waals surface area contributed by atoms with Crippen LogP contribution < -0.4 is 5.32 Å². The molecule has 0 saturated heterocycles. The number of hydrogen-bond donors (Lipinski definition) is 1. The van der Waals surface area contributed by atoms with Crippen LogP contribution in [0.4, 0.5) is 0 Å². The van der Waals surface area contributed by atoms with Gasteiger partial charge in [-0.1, -0.05) is 28.1 Å². The first-order chi connectivity index (χ1) is 9.11. The molecule has 1 N–H and O–H groups in total. The van der Waals surface area contributed by atoms with E-state index in [4.69, 9.17) is 0 Å². The summed E-state index contributed by atoms with van der Waals surface area (Å²) in [5, 5.41) is 3.41. The van der Waals surface area contributed by atoms with Gasteiger partial charge < -0.3 is 5.32 Å². The van der Waals surface area contributed by atoms with E-state index in [9.17, 15) is 0 Å². The molecule has 1 aliphatic carbocycles. The second-order valence-corrected chi connectivity index (χ2v) is 6.60. The summed E-state index contributed by atoms with van der Waals surface area (Å²) in [6.45, 7) is 2.31. The topological polar surface area (TPSA) is 15.3 Å². The Bertz CT molecular complexity index is 382. The van der Waals surface area contributed by atoms with Crippen LogP contribution in [0.25, 0.3) is 0 Å². The molecule has 0 bridgehead atoms. The van der Waals surface area contributed by atoms with Crippen molar-refractivity contribution in [1.29, 1.82) is 0 Å². The zero-order chi connectivity index (χ0) is 13.8. The maximum atomic E-state index is 3.50. The predicted molar refractivity (Wildman–Crippen MR) is 85.4 cm³/mol. The van der Waals surface area contributed by atoms with Crippen molar-refractivity contribution in [2.45, 2.75) is 50.7 Å². The average Bonchev–Trinajstić information content (AvgIpc) is 2.46. The first-order valence-corrected chi connectivity index (χ1v) is 8.05. The van der Waals surface area contributed by atoms with Crippen molar-refractivity contribution in [3.8, 4) is 0 Å². The fraction of sp³-hybridized carbons (Fsp3) is 0.625. The highest BCUT2D eigenvalue weighted by molar-refractivity contribution is 9.10. The van der Waals surface area contributed by atoms with Gasteiger partial charge in [-0.15, -0.1) is 0 Å². The van der Waals surface area contributed by atoms with E-state index in [0.717, 1.165) is 16.6 Å². The van der Waals surface area contributed by atoms with Gasteiger partial charge in [0, 0.05) is 22.6 Å². The summed E-state index contributed by atoms with van der Waals surface area (Å²) in [5.41, 5.74) is 1.40. The lowest BCUT2D eigenvalue weighted by atomic mass is 9.89. The summed E-state index contributed by atoms with van der Waals surface area (Å²) >= 11 is 3.50. The van der Waals surface area contributed by atoms with Gasteiger partial charge in [0.25, 0.3) is 0 Å². The Morgan fingerprint density at radius 2 is 1.74 bits per heavy atom. The Hall–Kier alpha value is -0.380.